The fourth-order valence-corrected chi connectivity index (χ4v) is 2.76. The highest BCUT2D eigenvalue weighted by atomic mass is 19.4. The van der Waals surface area contributed by atoms with Crippen molar-refractivity contribution in [2.45, 2.75) is 32.5 Å². The second kappa shape index (κ2) is 5.67. The molecule has 3 nitrogen and oxygen atoms in total. The van der Waals surface area contributed by atoms with Crippen molar-refractivity contribution in [2.75, 3.05) is 13.1 Å². The van der Waals surface area contributed by atoms with Gasteiger partial charge in [-0.2, -0.15) is 13.2 Å². The molecule has 1 aliphatic heterocycles. The molecule has 0 aliphatic carbocycles. The SMILES string of the molecule is CC1(C(=O)O)CCCN(Cc2cccc(C(F)(F)F)c2)C1. The normalized spacial score (nSPS) is 24.0. The lowest BCUT2D eigenvalue weighted by Crippen LogP contribution is -2.45. The van der Waals surface area contributed by atoms with E-state index in [1.54, 1.807) is 13.0 Å². The zero-order valence-corrected chi connectivity index (χ0v) is 11.8. The summed E-state index contributed by atoms with van der Waals surface area (Å²) in [6.45, 7) is 3.10. The third-order valence-electron chi connectivity index (χ3n) is 3.95. The van der Waals surface area contributed by atoms with Crippen molar-refractivity contribution in [2.24, 2.45) is 5.41 Å². The Labute approximate surface area is 121 Å². The van der Waals surface area contributed by atoms with Crippen molar-refractivity contribution in [3.63, 3.8) is 0 Å². The van der Waals surface area contributed by atoms with Gasteiger partial charge in [-0.1, -0.05) is 18.2 Å². The summed E-state index contributed by atoms with van der Waals surface area (Å²) in [6, 6.07) is 5.20. The molecule has 1 aromatic carbocycles. The first kappa shape index (κ1) is 15.8. The number of nitrogens with zero attached hydrogens (tertiary/aromatic N) is 1. The second-order valence-corrected chi connectivity index (χ2v) is 5.88. The second-order valence-electron chi connectivity index (χ2n) is 5.88. The van der Waals surface area contributed by atoms with Gasteiger partial charge >= 0.3 is 12.1 Å². The van der Waals surface area contributed by atoms with E-state index in [0.29, 0.717) is 31.6 Å². The molecule has 21 heavy (non-hydrogen) atoms. The molecule has 0 spiro atoms. The number of alkyl halides is 3. The molecule has 1 N–H and O–H groups in total. The van der Waals surface area contributed by atoms with Gasteiger partial charge in [0.15, 0.2) is 0 Å². The molecular weight excluding hydrogens is 283 g/mol. The van der Waals surface area contributed by atoms with Gasteiger partial charge in [-0.3, -0.25) is 9.69 Å². The highest BCUT2D eigenvalue weighted by Crippen LogP contribution is 2.32. The number of hydrogen-bond acceptors (Lipinski definition) is 2. The third-order valence-corrected chi connectivity index (χ3v) is 3.95. The summed E-state index contributed by atoms with van der Waals surface area (Å²) < 4.78 is 38.1. The molecule has 1 atom stereocenters. The van der Waals surface area contributed by atoms with Crippen molar-refractivity contribution >= 4 is 5.97 Å². The molecule has 1 unspecified atom stereocenters. The molecule has 0 bridgehead atoms. The highest BCUT2D eigenvalue weighted by Gasteiger charge is 2.38. The van der Waals surface area contributed by atoms with Crippen LogP contribution in [0.25, 0.3) is 0 Å². The van der Waals surface area contributed by atoms with Gasteiger partial charge in [0.25, 0.3) is 0 Å². The van der Waals surface area contributed by atoms with E-state index in [0.717, 1.165) is 18.6 Å². The third kappa shape index (κ3) is 3.75. The van der Waals surface area contributed by atoms with E-state index in [-0.39, 0.29) is 0 Å². The molecule has 116 valence electrons. The number of piperidine rings is 1. The summed E-state index contributed by atoms with van der Waals surface area (Å²) >= 11 is 0. The van der Waals surface area contributed by atoms with E-state index in [4.69, 9.17) is 0 Å². The minimum atomic E-state index is -4.35. The molecule has 6 heteroatoms. The Kier molecular flexibility index (Phi) is 4.27. The minimum absolute atomic E-state index is 0.340. The summed E-state index contributed by atoms with van der Waals surface area (Å²) in [5.74, 6) is -0.851. The number of benzene rings is 1. The minimum Gasteiger partial charge on any atom is -0.481 e. The van der Waals surface area contributed by atoms with Gasteiger partial charge in [-0.25, -0.2) is 0 Å². The lowest BCUT2D eigenvalue weighted by Gasteiger charge is -2.37. The number of carboxylic acids is 1. The molecule has 1 fully saturated rings. The first-order chi connectivity index (χ1) is 9.71. The molecule has 1 saturated heterocycles. The van der Waals surface area contributed by atoms with Crippen molar-refractivity contribution in [3.8, 4) is 0 Å². The molecule has 0 radical (unpaired) electrons. The fourth-order valence-electron chi connectivity index (χ4n) is 2.76. The maximum absolute atomic E-state index is 12.7. The van der Waals surface area contributed by atoms with E-state index < -0.39 is 23.1 Å². The molecule has 0 saturated carbocycles. The van der Waals surface area contributed by atoms with Gasteiger partial charge in [0.05, 0.1) is 11.0 Å². The van der Waals surface area contributed by atoms with Gasteiger partial charge in [-0.15, -0.1) is 0 Å². The van der Waals surface area contributed by atoms with E-state index in [9.17, 15) is 23.1 Å². The Morgan fingerprint density at radius 3 is 2.76 bits per heavy atom. The first-order valence-corrected chi connectivity index (χ1v) is 6.83. The van der Waals surface area contributed by atoms with E-state index in [1.165, 1.54) is 6.07 Å². The number of aliphatic carboxylic acids is 1. The van der Waals surface area contributed by atoms with Crippen molar-refractivity contribution < 1.29 is 23.1 Å². The van der Waals surface area contributed by atoms with Gasteiger partial charge in [0.2, 0.25) is 0 Å². The number of carboxylic acid groups (broad SMARTS) is 1. The fraction of sp³-hybridized carbons (Fsp3) is 0.533. The summed E-state index contributed by atoms with van der Waals surface area (Å²) in [5.41, 5.74) is -0.933. The van der Waals surface area contributed by atoms with Crippen LogP contribution in [0.3, 0.4) is 0 Å². The van der Waals surface area contributed by atoms with Gasteiger partial charge in [-0.05, 0) is 37.9 Å². The lowest BCUT2D eigenvalue weighted by molar-refractivity contribution is -0.151. The average molecular weight is 301 g/mol. The molecule has 1 aliphatic rings. The predicted octanol–water partition coefficient (Wildman–Crippen LogP) is 3.39. The monoisotopic (exact) mass is 301 g/mol. The number of halogens is 3. The van der Waals surface area contributed by atoms with Gasteiger partial charge in [0.1, 0.15) is 0 Å². The Bertz CT molecular complexity index is 530. The Morgan fingerprint density at radius 1 is 1.43 bits per heavy atom. The van der Waals surface area contributed by atoms with Crippen LogP contribution in [-0.2, 0) is 17.5 Å². The van der Waals surface area contributed by atoms with E-state index >= 15 is 0 Å². The van der Waals surface area contributed by atoms with Crippen LogP contribution >= 0.6 is 0 Å². The summed E-state index contributed by atoms with van der Waals surface area (Å²) in [6.07, 6.45) is -3.02. The standard InChI is InChI=1S/C15H18F3NO2/c1-14(13(20)21)6-3-7-19(10-14)9-11-4-2-5-12(8-11)15(16,17)18/h2,4-5,8H,3,6-7,9-10H2,1H3,(H,20,21). The molecule has 0 amide bonds. The Morgan fingerprint density at radius 2 is 2.14 bits per heavy atom. The maximum Gasteiger partial charge on any atom is 0.416 e. The predicted molar refractivity (Wildman–Crippen MR) is 71.7 cm³/mol. The largest absolute Gasteiger partial charge is 0.481 e. The van der Waals surface area contributed by atoms with Crippen LogP contribution in [0.2, 0.25) is 0 Å². The van der Waals surface area contributed by atoms with Crippen LogP contribution in [0.1, 0.15) is 30.9 Å². The first-order valence-electron chi connectivity index (χ1n) is 6.83. The van der Waals surface area contributed by atoms with Crippen LogP contribution in [0.15, 0.2) is 24.3 Å². The average Bonchev–Trinajstić information content (AvgIpc) is 2.38. The number of likely N-dealkylation sites (tertiary alicyclic amines) is 1. The van der Waals surface area contributed by atoms with E-state index in [2.05, 4.69) is 0 Å². The summed E-state index contributed by atoms with van der Waals surface area (Å²) in [5, 5.41) is 9.26. The number of hydrogen-bond donors (Lipinski definition) is 1. The van der Waals surface area contributed by atoms with Crippen molar-refractivity contribution in [1.82, 2.24) is 4.90 Å². The van der Waals surface area contributed by atoms with Crippen LogP contribution in [0, 0.1) is 5.41 Å². The maximum atomic E-state index is 12.7. The van der Waals surface area contributed by atoms with Crippen LogP contribution in [-0.4, -0.2) is 29.1 Å². The molecule has 1 aromatic rings. The van der Waals surface area contributed by atoms with Crippen molar-refractivity contribution in [1.29, 1.82) is 0 Å². The number of carbonyl (C=O) groups is 1. The van der Waals surface area contributed by atoms with Crippen LogP contribution < -0.4 is 0 Å². The highest BCUT2D eigenvalue weighted by molar-refractivity contribution is 5.74. The molecule has 1 heterocycles. The molecule has 2 rings (SSSR count). The Balaban J connectivity index is 2.10. The smallest absolute Gasteiger partial charge is 0.416 e. The van der Waals surface area contributed by atoms with Gasteiger partial charge < -0.3 is 5.11 Å². The number of rotatable bonds is 3. The van der Waals surface area contributed by atoms with Gasteiger partial charge in [0, 0.05) is 13.1 Å². The van der Waals surface area contributed by atoms with Crippen molar-refractivity contribution in [3.05, 3.63) is 35.4 Å². The lowest BCUT2D eigenvalue weighted by atomic mass is 9.82. The zero-order valence-electron chi connectivity index (χ0n) is 11.8. The topological polar surface area (TPSA) is 40.5 Å². The summed E-state index contributed by atoms with van der Waals surface area (Å²) in [7, 11) is 0. The van der Waals surface area contributed by atoms with Crippen LogP contribution in [0.4, 0.5) is 13.2 Å². The zero-order chi connectivity index (χ0) is 15.7. The summed E-state index contributed by atoms with van der Waals surface area (Å²) in [4.78, 5) is 13.2. The molecular formula is C15H18F3NO2. The van der Waals surface area contributed by atoms with E-state index in [1.807, 2.05) is 4.90 Å². The molecule has 0 aromatic heterocycles. The van der Waals surface area contributed by atoms with Crippen LogP contribution in [0.5, 0.6) is 0 Å². The quantitative estimate of drug-likeness (QED) is 0.930. The Hall–Kier alpha value is -1.56.